The van der Waals surface area contributed by atoms with Crippen molar-refractivity contribution >= 4 is 10.8 Å². The lowest BCUT2D eigenvalue weighted by Crippen LogP contribution is -2.18. The van der Waals surface area contributed by atoms with E-state index in [1.165, 1.54) is 36.7 Å². The third-order valence-electron chi connectivity index (χ3n) is 3.94. The third kappa shape index (κ3) is 1.21. The summed E-state index contributed by atoms with van der Waals surface area (Å²) in [5.74, 6) is 0. The van der Waals surface area contributed by atoms with Crippen LogP contribution in [0.25, 0.3) is 10.8 Å². The number of hydrogen-bond acceptors (Lipinski definition) is 1. The van der Waals surface area contributed by atoms with Crippen molar-refractivity contribution in [2.24, 2.45) is 0 Å². The molecule has 1 nitrogen and oxygen atoms in total. The molecule has 16 heavy (non-hydrogen) atoms. The van der Waals surface area contributed by atoms with Crippen LogP contribution in [0.1, 0.15) is 24.0 Å². The van der Waals surface area contributed by atoms with Crippen molar-refractivity contribution in [3.05, 3.63) is 47.5 Å². The highest BCUT2D eigenvalue weighted by atomic mass is 15.2. The molecule has 2 aromatic rings. The predicted molar refractivity (Wildman–Crippen MR) is 66.2 cm³/mol. The Balaban J connectivity index is 1.87. The van der Waals surface area contributed by atoms with E-state index in [9.17, 15) is 0 Å². The van der Waals surface area contributed by atoms with Gasteiger partial charge in [0, 0.05) is 19.1 Å². The molecule has 2 aliphatic rings. The second-order valence-corrected chi connectivity index (χ2v) is 5.06. The normalized spacial score (nSPS) is 20.2. The Morgan fingerprint density at radius 3 is 2.69 bits per heavy atom. The number of fused-ring (bicyclic) bond motifs is 3. The van der Waals surface area contributed by atoms with Gasteiger partial charge < -0.3 is 0 Å². The van der Waals surface area contributed by atoms with Crippen molar-refractivity contribution in [3.63, 3.8) is 0 Å². The lowest BCUT2D eigenvalue weighted by molar-refractivity contribution is 0.274. The van der Waals surface area contributed by atoms with Gasteiger partial charge in [-0.1, -0.05) is 36.4 Å². The van der Waals surface area contributed by atoms with Gasteiger partial charge in [0.2, 0.25) is 0 Å². The van der Waals surface area contributed by atoms with Gasteiger partial charge >= 0.3 is 0 Å². The van der Waals surface area contributed by atoms with Gasteiger partial charge in [-0.05, 0) is 34.7 Å². The van der Waals surface area contributed by atoms with Gasteiger partial charge in [-0.3, -0.25) is 4.90 Å². The minimum Gasteiger partial charge on any atom is -0.292 e. The van der Waals surface area contributed by atoms with E-state index in [0.717, 1.165) is 6.04 Å². The SMILES string of the molecule is c1ccc2c3c(ccc2c1)CN(C1CC1)C3. The number of rotatable bonds is 1. The molecule has 1 saturated carbocycles. The quantitative estimate of drug-likeness (QED) is 0.696. The van der Waals surface area contributed by atoms with E-state index < -0.39 is 0 Å². The van der Waals surface area contributed by atoms with Gasteiger partial charge in [0.25, 0.3) is 0 Å². The van der Waals surface area contributed by atoms with Crippen LogP contribution in [0.3, 0.4) is 0 Å². The molecule has 0 bridgehead atoms. The van der Waals surface area contributed by atoms with Crippen LogP contribution in [-0.4, -0.2) is 10.9 Å². The van der Waals surface area contributed by atoms with Crippen molar-refractivity contribution in [3.8, 4) is 0 Å². The second-order valence-electron chi connectivity index (χ2n) is 5.06. The molecule has 1 heterocycles. The molecular weight excluding hydrogens is 194 g/mol. The maximum absolute atomic E-state index is 2.64. The van der Waals surface area contributed by atoms with Gasteiger partial charge in [-0.25, -0.2) is 0 Å². The van der Waals surface area contributed by atoms with Crippen molar-refractivity contribution < 1.29 is 0 Å². The van der Waals surface area contributed by atoms with Crippen molar-refractivity contribution in [2.75, 3.05) is 0 Å². The van der Waals surface area contributed by atoms with Crippen molar-refractivity contribution in [1.29, 1.82) is 0 Å². The second kappa shape index (κ2) is 3.08. The molecule has 1 aliphatic carbocycles. The van der Waals surface area contributed by atoms with E-state index in [0.29, 0.717) is 0 Å². The number of hydrogen-bond donors (Lipinski definition) is 0. The molecule has 0 N–H and O–H groups in total. The molecule has 0 radical (unpaired) electrons. The molecular formula is C15H15N. The highest BCUT2D eigenvalue weighted by Gasteiger charge is 2.33. The first-order chi connectivity index (χ1) is 7.92. The van der Waals surface area contributed by atoms with Gasteiger partial charge in [-0.15, -0.1) is 0 Å². The molecule has 0 atom stereocenters. The van der Waals surface area contributed by atoms with Gasteiger partial charge in [0.15, 0.2) is 0 Å². The van der Waals surface area contributed by atoms with Crippen LogP contribution in [-0.2, 0) is 13.1 Å². The Hall–Kier alpha value is -1.34. The van der Waals surface area contributed by atoms with Crippen LogP contribution in [0, 0.1) is 0 Å². The standard InChI is InChI=1S/C15H15N/c1-2-4-14-11(3-1)5-6-12-9-16(10-15(12)14)13-7-8-13/h1-6,13H,7-10H2. The first-order valence-electron chi connectivity index (χ1n) is 6.15. The average Bonchev–Trinajstić information content (AvgIpc) is 3.08. The highest BCUT2D eigenvalue weighted by Crippen LogP contribution is 2.37. The molecule has 1 fully saturated rings. The summed E-state index contributed by atoms with van der Waals surface area (Å²) < 4.78 is 0. The highest BCUT2D eigenvalue weighted by molar-refractivity contribution is 5.87. The summed E-state index contributed by atoms with van der Waals surface area (Å²) >= 11 is 0. The molecule has 1 heteroatoms. The Kier molecular flexibility index (Phi) is 1.69. The summed E-state index contributed by atoms with van der Waals surface area (Å²) in [4.78, 5) is 2.64. The monoisotopic (exact) mass is 209 g/mol. The molecule has 4 rings (SSSR count). The Labute approximate surface area is 95.7 Å². The average molecular weight is 209 g/mol. The van der Waals surface area contributed by atoms with Gasteiger partial charge in [0.05, 0.1) is 0 Å². The van der Waals surface area contributed by atoms with Gasteiger partial charge in [-0.2, -0.15) is 0 Å². The van der Waals surface area contributed by atoms with E-state index >= 15 is 0 Å². The topological polar surface area (TPSA) is 3.24 Å². The van der Waals surface area contributed by atoms with Crippen LogP contribution < -0.4 is 0 Å². The zero-order chi connectivity index (χ0) is 10.5. The zero-order valence-corrected chi connectivity index (χ0v) is 9.32. The maximum Gasteiger partial charge on any atom is 0.0249 e. The fourth-order valence-electron chi connectivity index (χ4n) is 2.89. The van der Waals surface area contributed by atoms with Crippen molar-refractivity contribution in [2.45, 2.75) is 32.0 Å². The van der Waals surface area contributed by atoms with Crippen LogP contribution in [0.5, 0.6) is 0 Å². The Bertz CT molecular complexity index is 554. The lowest BCUT2D eigenvalue weighted by Gasteiger charge is -2.12. The summed E-state index contributed by atoms with van der Waals surface area (Å²) in [7, 11) is 0. The lowest BCUT2D eigenvalue weighted by atomic mass is 10.0. The predicted octanol–water partition coefficient (Wildman–Crippen LogP) is 3.32. The molecule has 0 amide bonds. The summed E-state index contributed by atoms with van der Waals surface area (Å²) in [6.45, 7) is 2.34. The zero-order valence-electron chi connectivity index (χ0n) is 9.32. The van der Waals surface area contributed by atoms with E-state index in [-0.39, 0.29) is 0 Å². The minimum absolute atomic E-state index is 0.881. The van der Waals surface area contributed by atoms with E-state index in [4.69, 9.17) is 0 Å². The number of nitrogens with zero attached hydrogens (tertiary/aromatic N) is 1. The largest absolute Gasteiger partial charge is 0.292 e. The molecule has 0 saturated heterocycles. The summed E-state index contributed by atoms with van der Waals surface area (Å²) in [6, 6.07) is 14.2. The van der Waals surface area contributed by atoms with Gasteiger partial charge in [0.1, 0.15) is 0 Å². The first-order valence-corrected chi connectivity index (χ1v) is 6.15. The first kappa shape index (κ1) is 8.77. The Morgan fingerprint density at radius 2 is 1.81 bits per heavy atom. The van der Waals surface area contributed by atoms with Crippen LogP contribution in [0.15, 0.2) is 36.4 Å². The maximum atomic E-state index is 2.64. The summed E-state index contributed by atoms with van der Waals surface area (Å²) in [6.07, 6.45) is 2.82. The molecule has 0 aromatic heterocycles. The molecule has 80 valence electrons. The van der Waals surface area contributed by atoms with E-state index in [2.05, 4.69) is 41.3 Å². The Morgan fingerprint density at radius 1 is 0.938 bits per heavy atom. The minimum atomic E-state index is 0.881. The van der Waals surface area contributed by atoms with Crippen LogP contribution in [0.4, 0.5) is 0 Å². The fraction of sp³-hybridized carbons (Fsp3) is 0.333. The smallest absolute Gasteiger partial charge is 0.0249 e. The number of benzene rings is 2. The molecule has 0 unspecified atom stereocenters. The molecule has 1 aliphatic heterocycles. The molecule has 0 spiro atoms. The fourth-order valence-corrected chi connectivity index (χ4v) is 2.89. The van der Waals surface area contributed by atoms with Crippen LogP contribution >= 0.6 is 0 Å². The summed E-state index contributed by atoms with van der Waals surface area (Å²) in [5, 5.41) is 2.85. The molecule has 2 aromatic carbocycles. The third-order valence-corrected chi connectivity index (χ3v) is 3.94. The van der Waals surface area contributed by atoms with Crippen molar-refractivity contribution in [1.82, 2.24) is 4.90 Å². The summed E-state index contributed by atoms with van der Waals surface area (Å²) in [5.41, 5.74) is 3.12. The van der Waals surface area contributed by atoms with Crippen LogP contribution in [0.2, 0.25) is 0 Å². The van der Waals surface area contributed by atoms with E-state index in [1.807, 2.05) is 0 Å². The van der Waals surface area contributed by atoms with E-state index in [1.54, 1.807) is 11.1 Å².